The Morgan fingerprint density at radius 3 is 2.70 bits per heavy atom. The van der Waals surface area contributed by atoms with E-state index in [-0.39, 0.29) is 24.8 Å². The predicted octanol–water partition coefficient (Wildman–Crippen LogP) is 2.32. The number of carbonyl (C=O) groups excluding carboxylic acids is 2. The van der Waals surface area contributed by atoms with Gasteiger partial charge in [-0.15, -0.1) is 0 Å². The lowest BCUT2D eigenvalue weighted by Gasteiger charge is -2.08. The fourth-order valence-corrected chi connectivity index (χ4v) is 2.99. The van der Waals surface area contributed by atoms with Crippen molar-refractivity contribution >= 4 is 28.5 Å². The molecule has 4 aromatic rings. The maximum absolute atomic E-state index is 12.2. The number of hydrogen-bond acceptors (Lipinski definition) is 6. The number of anilines is 1. The molecule has 0 saturated heterocycles. The summed E-state index contributed by atoms with van der Waals surface area (Å²) in [6.45, 7) is -0.132. The molecular formula is C21H19N5O4. The normalized spacial score (nSPS) is 10.7. The first-order chi connectivity index (χ1) is 14.6. The topological polar surface area (TPSA) is 111 Å². The zero-order chi connectivity index (χ0) is 20.9. The number of ether oxygens (including phenoxy) is 1. The summed E-state index contributed by atoms with van der Waals surface area (Å²) in [7, 11) is 1.58. The molecule has 0 bridgehead atoms. The van der Waals surface area contributed by atoms with Gasteiger partial charge >= 0.3 is 0 Å². The van der Waals surface area contributed by atoms with Crippen LogP contribution in [-0.2, 0) is 16.0 Å². The Hall–Kier alpha value is -4.14. The number of nitrogens with zero attached hydrogens (tertiary/aromatic N) is 3. The zero-order valence-electron chi connectivity index (χ0n) is 16.2. The van der Waals surface area contributed by atoms with E-state index >= 15 is 0 Å². The van der Waals surface area contributed by atoms with Crippen molar-refractivity contribution < 1.29 is 18.7 Å². The summed E-state index contributed by atoms with van der Waals surface area (Å²) in [6.07, 6.45) is 4.68. The van der Waals surface area contributed by atoms with Crippen LogP contribution in [0.5, 0.6) is 5.75 Å². The number of aromatic nitrogens is 3. The van der Waals surface area contributed by atoms with Gasteiger partial charge in [0, 0.05) is 22.7 Å². The third-order valence-corrected chi connectivity index (χ3v) is 4.49. The molecule has 9 heteroatoms. The molecule has 2 aromatic heterocycles. The summed E-state index contributed by atoms with van der Waals surface area (Å²) in [6, 6.07) is 12.5. The number of furan rings is 1. The van der Waals surface area contributed by atoms with Gasteiger partial charge in [-0.05, 0) is 36.4 Å². The van der Waals surface area contributed by atoms with Crippen LogP contribution in [0.4, 0.5) is 5.69 Å². The van der Waals surface area contributed by atoms with E-state index in [9.17, 15) is 9.59 Å². The van der Waals surface area contributed by atoms with Gasteiger partial charge in [-0.3, -0.25) is 9.59 Å². The van der Waals surface area contributed by atoms with E-state index in [4.69, 9.17) is 9.15 Å². The van der Waals surface area contributed by atoms with Crippen molar-refractivity contribution in [3.05, 3.63) is 66.9 Å². The number of fused-ring (bicyclic) bond motifs is 1. The number of nitrogens with one attached hydrogen (secondary N) is 2. The highest BCUT2D eigenvalue weighted by atomic mass is 16.5. The van der Waals surface area contributed by atoms with Crippen LogP contribution in [0, 0.1) is 0 Å². The van der Waals surface area contributed by atoms with Crippen molar-refractivity contribution in [2.24, 2.45) is 0 Å². The number of amides is 2. The molecule has 2 heterocycles. The van der Waals surface area contributed by atoms with E-state index in [2.05, 4.69) is 20.7 Å². The molecule has 0 spiro atoms. The average molecular weight is 405 g/mol. The third-order valence-electron chi connectivity index (χ3n) is 4.49. The first-order valence-electron chi connectivity index (χ1n) is 9.18. The quantitative estimate of drug-likeness (QED) is 0.488. The standard InChI is InChI=1S/C21H19N5O4/c1-29-17-6-7-18-14(11-30-19(18)9-17)8-20(27)23-10-21(28)25-15-2-4-16(5-3-15)26-13-22-12-24-26/h2-7,9,11-13H,8,10H2,1H3,(H,23,27)(H,25,28). The third kappa shape index (κ3) is 4.30. The summed E-state index contributed by atoms with van der Waals surface area (Å²) in [5, 5.41) is 10.2. The first kappa shape index (κ1) is 19.2. The summed E-state index contributed by atoms with van der Waals surface area (Å²) >= 11 is 0. The number of methoxy groups -OCH3 is 1. The van der Waals surface area contributed by atoms with Crippen molar-refractivity contribution in [1.29, 1.82) is 0 Å². The Kier molecular flexibility index (Phi) is 5.42. The molecule has 0 aliphatic carbocycles. The number of hydrogen-bond donors (Lipinski definition) is 2. The van der Waals surface area contributed by atoms with Gasteiger partial charge in [0.1, 0.15) is 24.0 Å². The van der Waals surface area contributed by atoms with E-state index in [1.165, 1.54) is 6.33 Å². The Balaban J connectivity index is 1.29. The Morgan fingerprint density at radius 2 is 1.97 bits per heavy atom. The second kappa shape index (κ2) is 8.48. The van der Waals surface area contributed by atoms with Gasteiger partial charge < -0.3 is 19.8 Å². The second-order valence-electron chi connectivity index (χ2n) is 6.51. The summed E-state index contributed by atoms with van der Waals surface area (Å²) in [4.78, 5) is 28.3. The molecule has 2 aromatic carbocycles. The molecule has 0 fully saturated rings. The van der Waals surface area contributed by atoms with Crippen LogP contribution in [0.25, 0.3) is 16.7 Å². The highest BCUT2D eigenvalue weighted by Crippen LogP contribution is 2.25. The van der Waals surface area contributed by atoms with Crippen molar-refractivity contribution in [1.82, 2.24) is 20.1 Å². The summed E-state index contributed by atoms with van der Waals surface area (Å²) in [5.41, 5.74) is 2.83. The van der Waals surface area contributed by atoms with Crippen molar-refractivity contribution in [2.75, 3.05) is 19.0 Å². The van der Waals surface area contributed by atoms with Crippen molar-refractivity contribution in [3.63, 3.8) is 0 Å². The van der Waals surface area contributed by atoms with Gasteiger partial charge in [-0.1, -0.05) is 0 Å². The highest BCUT2D eigenvalue weighted by molar-refractivity contribution is 5.95. The van der Waals surface area contributed by atoms with Crippen LogP contribution in [0.2, 0.25) is 0 Å². The lowest BCUT2D eigenvalue weighted by molar-refractivity contribution is -0.123. The minimum Gasteiger partial charge on any atom is -0.497 e. The van der Waals surface area contributed by atoms with E-state index in [0.29, 0.717) is 17.0 Å². The smallest absolute Gasteiger partial charge is 0.243 e. The molecule has 30 heavy (non-hydrogen) atoms. The van der Waals surface area contributed by atoms with Gasteiger partial charge in [0.05, 0.1) is 32.0 Å². The van der Waals surface area contributed by atoms with Crippen LogP contribution < -0.4 is 15.4 Å². The summed E-state index contributed by atoms with van der Waals surface area (Å²) in [5.74, 6) is 0.0858. The van der Waals surface area contributed by atoms with Gasteiger partial charge in [0.15, 0.2) is 0 Å². The van der Waals surface area contributed by atoms with Gasteiger partial charge in [0.2, 0.25) is 11.8 Å². The Bertz CT molecular complexity index is 1170. The fraction of sp³-hybridized carbons (Fsp3) is 0.143. The SMILES string of the molecule is COc1ccc2c(CC(=O)NCC(=O)Nc3ccc(-n4cncn4)cc3)coc2c1. The van der Waals surface area contributed by atoms with Crippen LogP contribution in [0.1, 0.15) is 5.56 Å². The van der Waals surface area contributed by atoms with E-state index in [1.807, 2.05) is 18.2 Å². The first-order valence-corrected chi connectivity index (χ1v) is 9.18. The van der Waals surface area contributed by atoms with Crippen molar-refractivity contribution in [3.8, 4) is 11.4 Å². The number of benzene rings is 2. The van der Waals surface area contributed by atoms with Gasteiger partial charge in [-0.2, -0.15) is 5.10 Å². The van der Waals surface area contributed by atoms with Crippen LogP contribution in [0.15, 0.2) is 65.8 Å². The molecule has 2 N–H and O–H groups in total. The van der Waals surface area contributed by atoms with Crippen LogP contribution in [-0.4, -0.2) is 40.2 Å². The second-order valence-corrected chi connectivity index (χ2v) is 6.51. The van der Waals surface area contributed by atoms with E-state index in [0.717, 1.165) is 16.6 Å². The molecule has 9 nitrogen and oxygen atoms in total. The lowest BCUT2D eigenvalue weighted by Crippen LogP contribution is -2.33. The van der Waals surface area contributed by atoms with Gasteiger partial charge in [0.25, 0.3) is 0 Å². The van der Waals surface area contributed by atoms with Crippen molar-refractivity contribution in [2.45, 2.75) is 6.42 Å². The zero-order valence-corrected chi connectivity index (χ0v) is 16.2. The fourth-order valence-electron chi connectivity index (χ4n) is 2.99. The molecule has 0 aliphatic rings. The molecule has 0 unspecified atom stereocenters. The molecular weight excluding hydrogens is 386 g/mol. The Morgan fingerprint density at radius 1 is 1.13 bits per heavy atom. The molecule has 0 atom stereocenters. The molecule has 0 saturated carbocycles. The predicted molar refractivity (Wildman–Crippen MR) is 109 cm³/mol. The number of carbonyl (C=O) groups is 2. The summed E-state index contributed by atoms with van der Waals surface area (Å²) < 4.78 is 12.3. The number of rotatable bonds is 7. The minimum atomic E-state index is -0.321. The lowest BCUT2D eigenvalue weighted by atomic mass is 10.1. The van der Waals surface area contributed by atoms with E-state index in [1.54, 1.807) is 48.6 Å². The molecule has 4 rings (SSSR count). The van der Waals surface area contributed by atoms with Gasteiger partial charge in [-0.25, -0.2) is 9.67 Å². The van der Waals surface area contributed by atoms with Crippen LogP contribution >= 0.6 is 0 Å². The van der Waals surface area contributed by atoms with Crippen LogP contribution in [0.3, 0.4) is 0 Å². The average Bonchev–Trinajstić information content (AvgIpc) is 3.43. The Labute approximate surface area is 171 Å². The molecule has 0 radical (unpaired) electrons. The molecule has 2 amide bonds. The highest BCUT2D eigenvalue weighted by Gasteiger charge is 2.12. The largest absolute Gasteiger partial charge is 0.497 e. The maximum atomic E-state index is 12.2. The minimum absolute atomic E-state index is 0.110. The molecule has 0 aliphatic heterocycles. The van der Waals surface area contributed by atoms with E-state index < -0.39 is 0 Å². The molecule has 152 valence electrons. The maximum Gasteiger partial charge on any atom is 0.243 e. The monoisotopic (exact) mass is 405 g/mol.